The zero-order valence-electron chi connectivity index (χ0n) is 19.3. The number of thioether (sulfide) groups is 1. The molecule has 178 valence electrons. The van der Waals surface area contributed by atoms with E-state index in [0.717, 1.165) is 22.6 Å². The quantitative estimate of drug-likeness (QED) is 0.308. The Balaban J connectivity index is 1.36. The fourth-order valence-corrected chi connectivity index (χ4v) is 4.73. The molecule has 1 aliphatic rings. The summed E-state index contributed by atoms with van der Waals surface area (Å²) in [6.45, 7) is 4.36. The molecule has 1 heterocycles. The monoisotopic (exact) mass is 504 g/mol. The van der Waals surface area contributed by atoms with Crippen molar-refractivity contribution in [3.8, 4) is 11.5 Å². The summed E-state index contributed by atoms with van der Waals surface area (Å²) in [5.74, 6) is 0.894. The second kappa shape index (κ2) is 11.2. The first-order valence-corrected chi connectivity index (χ1v) is 12.3. The van der Waals surface area contributed by atoms with Crippen molar-refractivity contribution < 1.29 is 19.1 Å². The van der Waals surface area contributed by atoms with E-state index in [1.54, 1.807) is 18.2 Å². The van der Waals surface area contributed by atoms with Crippen LogP contribution < -0.4 is 19.7 Å². The summed E-state index contributed by atoms with van der Waals surface area (Å²) >= 11 is 6.71. The summed E-state index contributed by atoms with van der Waals surface area (Å²) in [4.78, 5) is 27.2. The summed E-state index contributed by atoms with van der Waals surface area (Å²) in [7, 11) is 0. The highest BCUT2D eigenvalue weighted by molar-refractivity contribution is 8.27. The van der Waals surface area contributed by atoms with Crippen LogP contribution in [0.5, 0.6) is 11.5 Å². The SMILES string of the molecule is CCOc1ccc(N2C(=O)/C(=C\c3ccc(OCC(=O)Nc4cccc(C)c4)cc3)SC2=S)cc1. The Morgan fingerprint density at radius 3 is 2.40 bits per heavy atom. The van der Waals surface area contributed by atoms with Gasteiger partial charge in [-0.1, -0.05) is 48.2 Å². The predicted molar refractivity (Wildman–Crippen MR) is 145 cm³/mol. The Kier molecular flexibility index (Phi) is 7.84. The van der Waals surface area contributed by atoms with Crippen LogP contribution in [0.25, 0.3) is 6.08 Å². The highest BCUT2D eigenvalue weighted by atomic mass is 32.2. The molecule has 0 bridgehead atoms. The minimum Gasteiger partial charge on any atom is -0.494 e. The lowest BCUT2D eigenvalue weighted by Crippen LogP contribution is -2.27. The minimum atomic E-state index is -0.238. The molecule has 8 heteroatoms. The van der Waals surface area contributed by atoms with E-state index >= 15 is 0 Å². The summed E-state index contributed by atoms with van der Waals surface area (Å²) in [6.07, 6.45) is 1.79. The second-order valence-electron chi connectivity index (χ2n) is 7.72. The minimum absolute atomic E-state index is 0.103. The van der Waals surface area contributed by atoms with E-state index in [4.69, 9.17) is 21.7 Å². The van der Waals surface area contributed by atoms with Gasteiger partial charge in [-0.2, -0.15) is 0 Å². The number of amides is 2. The van der Waals surface area contributed by atoms with Gasteiger partial charge in [-0.15, -0.1) is 0 Å². The molecular formula is C27H24N2O4S2. The van der Waals surface area contributed by atoms with E-state index in [-0.39, 0.29) is 18.4 Å². The largest absolute Gasteiger partial charge is 0.494 e. The number of thiocarbonyl (C=S) groups is 1. The van der Waals surface area contributed by atoms with Gasteiger partial charge >= 0.3 is 0 Å². The molecule has 2 amide bonds. The van der Waals surface area contributed by atoms with Gasteiger partial charge in [0.15, 0.2) is 10.9 Å². The number of carbonyl (C=O) groups excluding carboxylic acids is 2. The summed E-state index contributed by atoms with van der Waals surface area (Å²) in [5, 5.41) is 2.81. The zero-order chi connectivity index (χ0) is 24.8. The fraction of sp³-hybridized carbons (Fsp3) is 0.148. The number of hydrogen-bond donors (Lipinski definition) is 1. The van der Waals surface area contributed by atoms with Crippen LogP contribution in [0.15, 0.2) is 77.7 Å². The number of ether oxygens (including phenoxy) is 2. The van der Waals surface area contributed by atoms with Crippen molar-refractivity contribution in [3.05, 3.63) is 88.8 Å². The number of nitrogens with zero attached hydrogens (tertiary/aromatic N) is 1. The molecule has 3 aromatic rings. The maximum absolute atomic E-state index is 13.0. The molecule has 1 N–H and O–H groups in total. The summed E-state index contributed by atoms with van der Waals surface area (Å²) in [5.41, 5.74) is 3.33. The maximum atomic E-state index is 13.0. The predicted octanol–water partition coefficient (Wildman–Crippen LogP) is 5.82. The molecule has 0 saturated carbocycles. The van der Waals surface area contributed by atoms with Crippen LogP contribution in [0.2, 0.25) is 0 Å². The zero-order valence-corrected chi connectivity index (χ0v) is 20.9. The molecular weight excluding hydrogens is 480 g/mol. The molecule has 0 aliphatic carbocycles. The average molecular weight is 505 g/mol. The smallest absolute Gasteiger partial charge is 0.270 e. The molecule has 0 aromatic heterocycles. The topological polar surface area (TPSA) is 67.9 Å². The normalized spacial score (nSPS) is 14.3. The van der Waals surface area contributed by atoms with Gasteiger partial charge in [-0.05, 0) is 79.6 Å². The Bertz CT molecular complexity index is 1270. The van der Waals surface area contributed by atoms with Gasteiger partial charge in [0, 0.05) is 5.69 Å². The van der Waals surface area contributed by atoms with Gasteiger partial charge in [-0.3, -0.25) is 14.5 Å². The van der Waals surface area contributed by atoms with E-state index in [0.29, 0.717) is 27.3 Å². The van der Waals surface area contributed by atoms with Gasteiger partial charge in [-0.25, -0.2) is 0 Å². The van der Waals surface area contributed by atoms with Gasteiger partial charge in [0.2, 0.25) is 0 Å². The summed E-state index contributed by atoms with van der Waals surface area (Å²) in [6, 6.07) is 22.0. The molecule has 3 aromatic carbocycles. The van der Waals surface area contributed by atoms with E-state index < -0.39 is 0 Å². The van der Waals surface area contributed by atoms with Gasteiger partial charge in [0.25, 0.3) is 11.8 Å². The lowest BCUT2D eigenvalue weighted by atomic mass is 10.2. The molecule has 0 radical (unpaired) electrons. The lowest BCUT2D eigenvalue weighted by Gasteiger charge is -2.15. The lowest BCUT2D eigenvalue weighted by molar-refractivity contribution is -0.118. The first kappa shape index (κ1) is 24.5. The average Bonchev–Trinajstić information content (AvgIpc) is 3.12. The van der Waals surface area contributed by atoms with E-state index in [9.17, 15) is 9.59 Å². The standard InChI is InChI=1S/C27H24N2O4S2/c1-3-32-22-13-9-21(10-14-22)29-26(31)24(35-27(29)34)16-19-7-11-23(12-8-19)33-17-25(30)28-20-6-4-5-18(2)15-20/h4-16H,3,17H2,1-2H3,(H,28,30)/b24-16+. The molecule has 35 heavy (non-hydrogen) atoms. The van der Waals surface area contributed by atoms with Crippen LogP contribution in [0.1, 0.15) is 18.1 Å². The third-order valence-corrected chi connectivity index (χ3v) is 6.35. The van der Waals surface area contributed by atoms with Crippen molar-refractivity contribution in [3.63, 3.8) is 0 Å². The second-order valence-corrected chi connectivity index (χ2v) is 9.40. The van der Waals surface area contributed by atoms with E-state index in [1.807, 2.05) is 74.5 Å². The summed E-state index contributed by atoms with van der Waals surface area (Å²) < 4.78 is 11.5. The van der Waals surface area contributed by atoms with Crippen LogP contribution in [-0.4, -0.2) is 29.3 Å². The van der Waals surface area contributed by atoms with Crippen LogP contribution >= 0.6 is 24.0 Å². The third-order valence-electron chi connectivity index (χ3n) is 5.05. The van der Waals surface area contributed by atoms with Crippen LogP contribution in [0.3, 0.4) is 0 Å². The van der Waals surface area contributed by atoms with E-state index in [2.05, 4.69) is 5.32 Å². The Morgan fingerprint density at radius 2 is 1.71 bits per heavy atom. The number of nitrogens with one attached hydrogen (secondary N) is 1. The van der Waals surface area contributed by atoms with Crippen LogP contribution in [-0.2, 0) is 9.59 Å². The fourth-order valence-electron chi connectivity index (χ4n) is 3.43. The molecule has 6 nitrogen and oxygen atoms in total. The Morgan fingerprint density at radius 1 is 1.03 bits per heavy atom. The Hall–Kier alpha value is -3.62. The third kappa shape index (κ3) is 6.29. The van der Waals surface area contributed by atoms with Crippen LogP contribution in [0, 0.1) is 6.92 Å². The highest BCUT2D eigenvalue weighted by Gasteiger charge is 2.33. The van der Waals surface area contributed by atoms with Crippen molar-refractivity contribution in [1.29, 1.82) is 0 Å². The number of benzene rings is 3. The number of carbonyl (C=O) groups is 2. The number of anilines is 2. The van der Waals surface area contributed by atoms with E-state index in [1.165, 1.54) is 16.7 Å². The van der Waals surface area contributed by atoms with Gasteiger partial charge in [0.05, 0.1) is 17.2 Å². The van der Waals surface area contributed by atoms with Crippen molar-refractivity contribution in [2.24, 2.45) is 0 Å². The molecule has 1 fully saturated rings. The first-order chi connectivity index (χ1) is 16.9. The van der Waals surface area contributed by atoms with Crippen molar-refractivity contribution >= 4 is 57.6 Å². The molecule has 0 spiro atoms. The Labute approximate surface area is 213 Å². The molecule has 4 rings (SSSR count). The van der Waals surface area contributed by atoms with Crippen molar-refractivity contribution in [2.75, 3.05) is 23.4 Å². The highest BCUT2D eigenvalue weighted by Crippen LogP contribution is 2.36. The first-order valence-electron chi connectivity index (χ1n) is 11.0. The maximum Gasteiger partial charge on any atom is 0.270 e. The van der Waals surface area contributed by atoms with Crippen molar-refractivity contribution in [1.82, 2.24) is 0 Å². The van der Waals surface area contributed by atoms with Gasteiger partial charge < -0.3 is 14.8 Å². The molecule has 1 aliphatic heterocycles. The number of rotatable bonds is 8. The number of aryl methyl sites for hydroxylation is 1. The molecule has 1 saturated heterocycles. The molecule has 0 atom stereocenters. The van der Waals surface area contributed by atoms with Crippen molar-refractivity contribution in [2.45, 2.75) is 13.8 Å². The number of hydrogen-bond acceptors (Lipinski definition) is 6. The van der Waals surface area contributed by atoms with Gasteiger partial charge in [0.1, 0.15) is 11.5 Å². The van der Waals surface area contributed by atoms with Crippen LogP contribution in [0.4, 0.5) is 11.4 Å². The molecule has 0 unspecified atom stereocenters.